The highest BCUT2D eigenvalue weighted by Crippen LogP contribution is 2.33. The van der Waals surface area contributed by atoms with E-state index in [9.17, 15) is 23.3 Å². The number of methoxy groups -OCH3 is 1. The van der Waals surface area contributed by atoms with Gasteiger partial charge in [0, 0.05) is 17.8 Å². The number of hydrogen-bond acceptors (Lipinski definition) is 7. The summed E-state index contributed by atoms with van der Waals surface area (Å²) in [5.74, 6) is 0.0719. The Morgan fingerprint density at radius 1 is 1.20 bits per heavy atom. The number of nitro benzene ring substituents is 1. The van der Waals surface area contributed by atoms with Gasteiger partial charge in [-0.2, -0.15) is 0 Å². The molecule has 0 atom stereocenters. The molecule has 1 N–H and O–H groups in total. The van der Waals surface area contributed by atoms with Crippen molar-refractivity contribution in [1.29, 1.82) is 0 Å². The first-order valence-electron chi connectivity index (χ1n) is 8.88. The van der Waals surface area contributed by atoms with E-state index in [-0.39, 0.29) is 23.2 Å². The van der Waals surface area contributed by atoms with Crippen LogP contribution >= 0.6 is 0 Å². The van der Waals surface area contributed by atoms with E-state index in [0.717, 1.165) is 16.6 Å². The molecule has 0 bridgehead atoms. The van der Waals surface area contributed by atoms with Crippen molar-refractivity contribution in [3.63, 3.8) is 0 Å². The summed E-state index contributed by atoms with van der Waals surface area (Å²) in [5.41, 5.74) is 0.00111. The van der Waals surface area contributed by atoms with E-state index >= 15 is 0 Å². The van der Waals surface area contributed by atoms with Crippen LogP contribution in [0, 0.1) is 10.1 Å². The fourth-order valence-corrected chi connectivity index (χ4v) is 3.44. The average molecular weight is 437 g/mol. The van der Waals surface area contributed by atoms with Gasteiger partial charge in [0.2, 0.25) is 15.9 Å². The summed E-state index contributed by atoms with van der Waals surface area (Å²) < 4.78 is 36.0. The Morgan fingerprint density at radius 3 is 2.33 bits per heavy atom. The smallest absolute Gasteiger partial charge is 0.271 e. The number of carbonyl (C=O) groups excluding carboxylic acids is 1. The van der Waals surface area contributed by atoms with Gasteiger partial charge in [-0.25, -0.2) is 8.42 Å². The van der Waals surface area contributed by atoms with E-state index in [0.29, 0.717) is 11.4 Å². The average Bonchev–Trinajstić information content (AvgIpc) is 2.66. The molecule has 0 heterocycles. The Bertz CT molecular complexity index is 1020. The van der Waals surface area contributed by atoms with E-state index in [2.05, 4.69) is 5.32 Å². The molecule has 162 valence electrons. The van der Waals surface area contributed by atoms with Crippen LogP contribution in [0.5, 0.6) is 11.5 Å². The molecule has 0 radical (unpaired) electrons. The van der Waals surface area contributed by atoms with Crippen molar-refractivity contribution < 1.29 is 27.6 Å². The first-order chi connectivity index (χ1) is 14.0. The van der Waals surface area contributed by atoms with Crippen LogP contribution in [0.1, 0.15) is 13.8 Å². The lowest BCUT2D eigenvalue weighted by Gasteiger charge is -2.23. The SMILES string of the molecule is COc1ccc([N+](=O)[O-])cc1N(CC(=O)Nc1ccc(OC(C)C)cc1)S(C)(=O)=O. The second-order valence-corrected chi connectivity index (χ2v) is 8.53. The van der Waals surface area contributed by atoms with Crippen molar-refractivity contribution in [3.05, 3.63) is 52.6 Å². The first-order valence-corrected chi connectivity index (χ1v) is 10.7. The number of nitrogens with zero attached hydrogens (tertiary/aromatic N) is 2. The zero-order valence-electron chi connectivity index (χ0n) is 17.0. The summed E-state index contributed by atoms with van der Waals surface area (Å²) in [5, 5.41) is 13.7. The molecule has 2 aromatic rings. The summed E-state index contributed by atoms with van der Waals surface area (Å²) in [4.78, 5) is 22.9. The molecular formula is C19H23N3O7S. The molecule has 1 amide bonds. The number of hydrogen-bond donors (Lipinski definition) is 1. The molecule has 2 aromatic carbocycles. The molecule has 0 aliphatic rings. The Balaban J connectivity index is 2.26. The van der Waals surface area contributed by atoms with Gasteiger partial charge in [-0.05, 0) is 44.2 Å². The Morgan fingerprint density at radius 2 is 1.83 bits per heavy atom. The van der Waals surface area contributed by atoms with E-state index in [1.165, 1.54) is 19.2 Å². The fraction of sp³-hybridized carbons (Fsp3) is 0.316. The molecule has 0 spiro atoms. The second-order valence-electron chi connectivity index (χ2n) is 6.62. The van der Waals surface area contributed by atoms with E-state index in [4.69, 9.17) is 9.47 Å². The Kier molecular flexibility index (Phi) is 7.22. The molecule has 30 heavy (non-hydrogen) atoms. The molecule has 0 saturated heterocycles. The van der Waals surface area contributed by atoms with Crippen molar-refractivity contribution in [2.75, 3.05) is 29.5 Å². The van der Waals surface area contributed by atoms with Crippen molar-refractivity contribution in [2.45, 2.75) is 20.0 Å². The van der Waals surface area contributed by atoms with Gasteiger partial charge in [-0.1, -0.05) is 0 Å². The summed E-state index contributed by atoms with van der Waals surface area (Å²) in [6.07, 6.45) is 0.898. The van der Waals surface area contributed by atoms with Crippen molar-refractivity contribution in [1.82, 2.24) is 0 Å². The maximum atomic E-state index is 12.5. The van der Waals surface area contributed by atoms with Crippen LogP contribution in [0.4, 0.5) is 17.1 Å². The molecule has 0 saturated carbocycles. The van der Waals surface area contributed by atoms with E-state index in [1.807, 2.05) is 13.8 Å². The molecule has 10 nitrogen and oxygen atoms in total. The number of benzene rings is 2. The molecule has 0 aliphatic heterocycles. The van der Waals surface area contributed by atoms with Crippen LogP contribution in [0.3, 0.4) is 0 Å². The monoisotopic (exact) mass is 437 g/mol. The van der Waals surface area contributed by atoms with Crippen LogP contribution in [-0.4, -0.2) is 45.3 Å². The Labute approximate surface area is 174 Å². The van der Waals surface area contributed by atoms with Crippen molar-refractivity contribution in [2.24, 2.45) is 0 Å². The first kappa shape index (κ1) is 22.9. The Hall–Kier alpha value is -3.34. The van der Waals surface area contributed by atoms with Gasteiger partial charge in [0.1, 0.15) is 23.7 Å². The zero-order valence-corrected chi connectivity index (χ0v) is 17.8. The summed E-state index contributed by atoms with van der Waals surface area (Å²) >= 11 is 0. The lowest BCUT2D eigenvalue weighted by atomic mass is 10.2. The summed E-state index contributed by atoms with van der Waals surface area (Å²) in [6.45, 7) is 3.18. The topological polar surface area (TPSA) is 128 Å². The number of carbonyl (C=O) groups is 1. The fourth-order valence-electron chi connectivity index (χ4n) is 2.59. The van der Waals surface area contributed by atoms with Gasteiger partial charge in [0.05, 0.1) is 24.4 Å². The van der Waals surface area contributed by atoms with Gasteiger partial charge >= 0.3 is 0 Å². The highest BCUT2D eigenvalue weighted by molar-refractivity contribution is 7.92. The number of amides is 1. The largest absolute Gasteiger partial charge is 0.495 e. The molecular weight excluding hydrogens is 414 g/mol. The van der Waals surface area contributed by atoms with Crippen LogP contribution in [0.2, 0.25) is 0 Å². The second kappa shape index (κ2) is 9.44. The van der Waals surface area contributed by atoms with Gasteiger partial charge in [-0.3, -0.25) is 19.2 Å². The minimum atomic E-state index is -3.95. The number of rotatable bonds is 9. The summed E-state index contributed by atoms with van der Waals surface area (Å²) in [6, 6.07) is 10.1. The standard InChI is InChI=1S/C19H23N3O7S/c1-13(2)29-16-8-5-14(6-9-16)20-19(23)12-21(30(4,26)27)17-11-15(22(24)25)7-10-18(17)28-3/h5-11,13H,12H2,1-4H3,(H,20,23). The van der Waals surface area contributed by atoms with Crippen molar-refractivity contribution >= 4 is 33.0 Å². The third-order valence-electron chi connectivity index (χ3n) is 3.84. The molecule has 0 unspecified atom stereocenters. The number of anilines is 2. The lowest BCUT2D eigenvalue weighted by Crippen LogP contribution is -2.37. The van der Waals surface area contributed by atoms with Gasteiger partial charge < -0.3 is 14.8 Å². The molecule has 0 aliphatic carbocycles. The highest BCUT2D eigenvalue weighted by Gasteiger charge is 2.26. The quantitative estimate of drug-likeness (QED) is 0.472. The number of ether oxygens (including phenoxy) is 2. The predicted molar refractivity (Wildman–Crippen MR) is 113 cm³/mol. The number of nitrogens with one attached hydrogen (secondary N) is 1. The van der Waals surface area contributed by atoms with Crippen LogP contribution in [-0.2, 0) is 14.8 Å². The minimum Gasteiger partial charge on any atom is -0.495 e. The predicted octanol–water partition coefficient (Wildman–Crippen LogP) is 2.80. The van der Waals surface area contributed by atoms with E-state index in [1.54, 1.807) is 24.3 Å². The summed E-state index contributed by atoms with van der Waals surface area (Å²) in [7, 11) is -2.65. The van der Waals surface area contributed by atoms with Crippen LogP contribution < -0.4 is 19.1 Å². The van der Waals surface area contributed by atoms with Crippen LogP contribution in [0.15, 0.2) is 42.5 Å². The third-order valence-corrected chi connectivity index (χ3v) is 4.97. The molecule has 0 aromatic heterocycles. The lowest BCUT2D eigenvalue weighted by molar-refractivity contribution is -0.384. The van der Waals surface area contributed by atoms with Crippen molar-refractivity contribution in [3.8, 4) is 11.5 Å². The molecule has 11 heteroatoms. The van der Waals surface area contributed by atoms with Gasteiger partial charge in [-0.15, -0.1) is 0 Å². The maximum absolute atomic E-state index is 12.5. The minimum absolute atomic E-state index is 0.00123. The number of nitro groups is 1. The highest BCUT2D eigenvalue weighted by atomic mass is 32.2. The maximum Gasteiger partial charge on any atom is 0.271 e. The van der Waals surface area contributed by atoms with E-state index < -0.39 is 27.4 Å². The third kappa shape index (κ3) is 6.08. The normalized spacial score (nSPS) is 11.1. The number of sulfonamides is 1. The molecule has 2 rings (SSSR count). The van der Waals surface area contributed by atoms with Gasteiger partial charge in [0.25, 0.3) is 5.69 Å². The van der Waals surface area contributed by atoms with Crippen LogP contribution in [0.25, 0.3) is 0 Å². The number of non-ortho nitro benzene ring substituents is 1. The zero-order chi connectivity index (χ0) is 22.5. The molecule has 0 fully saturated rings. The van der Waals surface area contributed by atoms with Gasteiger partial charge in [0.15, 0.2) is 0 Å².